The maximum Gasteiger partial charge on any atom is 0.306 e. The lowest BCUT2D eigenvalue weighted by atomic mass is 10.0. The van der Waals surface area contributed by atoms with Gasteiger partial charge in [0.05, 0.1) is 0 Å². The third-order valence-electron chi connectivity index (χ3n) is 15.1. The largest absolute Gasteiger partial charge is 0.462 e. The summed E-state index contributed by atoms with van der Waals surface area (Å²) in [6.07, 6.45) is 78.9. The van der Waals surface area contributed by atoms with E-state index in [9.17, 15) is 14.4 Å². The monoisotopic (exact) mass is 1050 g/mol. The Hall–Kier alpha value is -2.37. The first kappa shape index (κ1) is 72.6. The van der Waals surface area contributed by atoms with E-state index in [1.165, 1.54) is 263 Å². The fraction of sp³-hybridized carbons (Fsp3) is 0.870. The molecule has 0 radical (unpaired) electrons. The van der Waals surface area contributed by atoms with Crippen molar-refractivity contribution in [3.63, 3.8) is 0 Å². The number of hydrogen-bond acceptors (Lipinski definition) is 6. The molecule has 440 valence electrons. The zero-order valence-corrected chi connectivity index (χ0v) is 50.6. The molecule has 6 nitrogen and oxygen atoms in total. The highest BCUT2D eigenvalue weighted by molar-refractivity contribution is 5.71. The van der Waals surface area contributed by atoms with E-state index in [-0.39, 0.29) is 31.1 Å². The van der Waals surface area contributed by atoms with Gasteiger partial charge in [0.25, 0.3) is 0 Å². The molecule has 6 heteroatoms. The number of esters is 3. The van der Waals surface area contributed by atoms with E-state index in [2.05, 4.69) is 57.2 Å². The van der Waals surface area contributed by atoms with Gasteiger partial charge >= 0.3 is 17.9 Å². The van der Waals surface area contributed by atoms with Crippen LogP contribution in [0, 0.1) is 0 Å². The Morgan fingerprint density at radius 2 is 0.453 bits per heavy atom. The van der Waals surface area contributed by atoms with E-state index in [0.717, 1.165) is 64.2 Å². The van der Waals surface area contributed by atoms with Crippen LogP contribution in [-0.2, 0) is 28.6 Å². The molecule has 0 heterocycles. The lowest BCUT2D eigenvalue weighted by molar-refractivity contribution is -0.167. The summed E-state index contributed by atoms with van der Waals surface area (Å²) in [5.41, 5.74) is 0. The highest BCUT2D eigenvalue weighted by Crippen LogP contribution is 2.18. The minimum atomic E-state index is -0.775. The van der Waals surface area contributed by atoms with Gasteiger partial charge in [0.15, 0.2) is 6.10 Å². The van der Waals surface area contributed by atoms with Crippen LogP contribution < -0.4 is 0 Å². The molecule has 0 saturated heterocycles. The van der Waals surface area contributed by atoms with Crippen molar-refractivity contribution < 1.29 is 28.6 Å². The Morgan fingerprint density at radius 1 is 0.253 bits per heavy atom. The Balaban J connectivity index is 4.18. The molecule has 0 aliphatic carbocycles. The average Bonchev–Trinajstić information content (AvgIpc) is 3.41. The average molecular weight is 1050 g/mol. The number of allylic oxidation sites excluding steroid dienone is 6. The van der Waals surface area contributed by atoms with Crippen LogP contribution >= 0.6 is 0 Å². The molecule has 0 bridgehead atoms. The molecule has 75 heavy (non-hydrogen) atoms. The second kappa shape index (κ2) is 64.2. The summed E-state index contributed by atoms with van der Waals surface area (Å²) in [5.74, 6) is -0.862. The molecule has 0 N–H and O–H groups in total. The van der Waals surface area contributed by atoms with Gasteiger partial charge in [-0.25, -0.2) is 0 Å². The molecule has 0 spiro atoms. The number of unbranched alkanes of at least 4 members (excludes halogenated alkanes) is 45. The Labute approximate surface area is 467 Å². The quantitative estimate of drug-likeness (QED) is 0.0261. The van der Waals surface area contributed by atoms with Crippen molar-refractivity contribution in [2.24, 2.45) is 0 Å². The molecular formula is C69H128O6. The van der Waals surface area contributed by atoms with Gasteiger partial charge in [-0.1, -0.05) is 295 Å². The summed E-state index contributed by atoms with van der Waals surface area (Å²) in [5, 5.41) is 0. The summed E-state index contributed by atoms with van der Waals surface area (Å²) in [6.45, 7) is 6.65. The maximum absolute atomic E-state index is 12.9. The van der Waals surface area contributed by atoms with E-state index >= 15 is 0 Å². The minimum Gasteiger partial charge on any atom is -0.462 e. The fourth-order valence-electron chi connectivity index (χ4n) is 10.0. The van der Waals surface area contributed by atoms with Gasteiger partial charge in [-0.05, 0) is 89.9 Å². The molecule has 0 aliphatic heterocycles. The lowest BCUT2D eigenvalue weighted by Crippen LogP contribution is -2.30. The molecule has 0 aliphatic rings. The Morgan fingerprint density at radius 3 is 0.707 bits per heavy atom. The summed E-state index contributed by atoms with van der Waals surface area (Å²) in [7, 11) is 0. The van der Waals surface area contributed by atoms with Crippen molar-refractivity contribution in [2.45, 2.75) is 374 Å². The number of hydrogen-bond donors (Lipinski definition) is 0. The van der Waals surface area contributed by atoms with Crippen molar-refractivity contribution in [1.29, 1.82) is 0 Å². The highest BCUT2D eigenvalue weighted by Gasteiger charge is 2.19. The normalized spacial score (nSPS) is 12.2. The summed E-state index contributed by atoms with van der Waals surface area (Å²) in [4.78, 5) is 38.3. The summed E-state index contributed by atoms with van der Waals surface area (Å²) in [6, 6.07) is 0. The van der Waals surface area contributed by atoms with Crippen LogP contribution in [0.5, 0.6) is 0 Å². The van der Waals surface area contributed by atoms with Crippen LogP contribution in [0.3, 0.4) is 0 Å². The predicted molar refractivity (Wildman–Crippen MR) is 326 cm³/mol. The van der Waals surface area contributed by atoms with Gasteiger partial charge in [0.1, 0.15) is 13.2 Å². The van der Waals surface area contributed by atoms with Crippen LogP contribution in [0.2, 0.25) is 0 Å². The number of carbonyl (C=O) groups excluding carboxylic acids is 3. The predicted octanol–water partition coefficient (Wildman–Crippen LogP) is 22.8. The zero-order valence-electron chi connectivity index (χ0n) is 50.6. The Kier molecular flexibility index (Phi) is 62.1. The van der Waals surface area contributed by atoms with Gasteiger partial charge in [-0.2, -0.15) is 0 Å². The van der Waals surface area contributed by atoms with Gasteiger partial charge in [0, 0.05) is 19.3 Å². The van der Waals surface area contributed by atoms with E-state index in [1.54, 1.807) is 0 Å². The summed E-state index contributed by atoms with van der Waals surface area (Å²) >= 11 is 0. The standard InChI is InChI=1S/C69H128O6/c1-4-7-10-13-16-19-22-24-26-28-30-31-32-33-34-35-36-37-39-40-42-44-47-50-53-56-59-62-68(71)74-65-66(64-73-67(70)61-58-55-52-49-46-21-18-15-12-9-6-3)75-69(72)63-60-57-54-51-48-45-43-41-38-29-27-25-23-20-17-14-11-8-5-2/h15,18,25,27-28,30,66H,4-14,16-17,19-24,26,29,31-65H2,1-3H3/b18-15-,27-25-,30-28-. The van der Waals surface area contributed by atoms with E-state index in [1.807, 2.05) is 0 Å². The third kappa shape index (κ3) is 62.4. The fourth-order valence-corrected chi connectivity index (χ4v) is 10.0. The van der Waals surface area contributed by atoms with Crippen molar-refractivity contribution >= 4 is 17.9 Å². The Bertz CT molecular complexity index is 1250. The maximum atomic E-state index is 12.9. The first-order valence-electron chi connectivity index (χ1n) is 33.5. The van der Waals surface area contributed by atoms with Crippen LogP contribution in [0.25, 0.3) is 0 Å². The molecule has 0 aromatic heterocycles. The van der Waals surface area contributed by atoms with E-state index < -0.39 is 6.10 Å². The smallest absolute Gasteiger partial charge is 0.306 e. The van der Waals surface area contributed by atoms with Crippen LogP contribution in [0.15, 0.2) is 36.5 Å². The molecule has 0 rings (SSSR count). The van der Waals surface area contributed by atoms with Crippen LogP contribution in [0.4, 0.5) is 0 Å². The molecule has 0 saturated carbocycles. The second-order valence-corrected chi connectivity index (χ2v) is 22.7. The van der Waals surface area contributed by atoms with Gasteiger partial charge in [-0.3, -0.25) is 14.4 Å². The van der Waals surface area contributed by atoms with Crippen LogP contribution in [0.1, 0.15) is 367 Å². The lowest BCUT2D eigenvalue weighted by Gasteiger charge is -2.18. The first-order chi connectivity index (χ1) is 37.0. The minimum absolute atomic E-state index is 0.0719. The number of rotatable bonds is 62. The second-order valence-electron chi connectivity index (χ2n) is 22.7. The molecule has 1 unspecified atom stereocenters. The molecule has 0 amide bonds. The number of ether oxygens (including phenoxy) is 3. The molecule has 0 aromatic carbocycles. The first-order valence-corrected chi connectivity index (χ1v) is 33.5. The van der Waals surface area contributed by atoms with E-state index in [4.69, 9.17) is 14.2 Å². The zero-order chi connectivity index (χ0) is 54.3. The number of carbonyl (C=O) groups is 3. The molecular weight excluding hydrogens is 925 g/mol. The molecule has 0 fully saturated rings. The van der Waals surface area contributed by atoms with Gasteiger partial charge < -0.3 is 14.2 Å². The third-order valence-corrected chi connectivity index (χ3v) is 15.1. The van der Waals surface area contributed by atoms with E-state index in [0.29, 0.717) is 19.3 Å². The molecule has 1 atom stereocenters. The van der Waals surface area contributed by atoms with Crippen LogP contribution in [-0.4, -0.2) is 37.2 Å². The topological polar surface area (TPSA) is 78.9 Å². The SMILES string of the molecule is CCCC/C=C\CCCCCCCC(=O)OCC(COC(=O)CCCCCCCCCCCCCCCCC/C=C\CCCCCCCCCC)OC(=O)CCCCCCCCCCC/C=C\CCCCCCCC. The van der Waals surface area contributed by atoms with Gasteiger partial charge in [-0.15, -0.1) is 0 Å². The van der Waals surface area contributed by atoms with Crippen molar-refractivity contribution in [2.75, 3.05) is 13.2 Å². The highest BCUT2D eigenvalue weighted by atomic mass is 16.6. The summed E-state index contributed by atoms with van der Waals surface area (Å²) < 4.78 is 16.9. The van der Waals surface area contributed by atoms with Crippen molar-refractivity contribution in [1.82, 2.24) is 0 Å². The van der Waals surface area contributed by atoms with Gasteiger partial charge in [0.2, 0.25) is 0 Å². The van der Waals surface area contributed by atoms with Crippen molar-refractivity contribution in [3.8, 4) is 0 Å². The molecule has 0 aromatic rings. The van der Waals surface area contributed by atoms with Crippen molar-refractivity contribution in [3.05, 3.63) is 36.5 Å².